The lowest BCUT2D eigenvalue weighted by Gasteiger charge is -2.29. The van der Waals surface area contributed by atoms with Crippen LogP contribution >= 0.6 is 0 Å². The molecule has 0 bridgehead atoms. The number of alkyl halides is 3. The van der Waals surface area contributed by atoms with Gasteiger partial charge in [-0.05, 0) is 37.0 Å². The van der Waals surface area contributed by atoms with E-state index in [0.29, 0.717) is 6.61 Å². The summed E-state index contributed by atoms with van der Waals surface area (Å²) < 4.78 is 56.6. The highest BCUT2D eigenvalue weighted by molar-refractivity contribution is 5.51. The van der Waals surface area contributed by atoms with E-state index in [-0.39, 0.29) is 23.7 Å². The highest BCUT2D eigenvalue weighted by atomic mass is 19.4. The van der Waals surface area contributed by atoms with Gasteiger partial charge in [0.25, 0.3) is 0 Å². The summed E-state index contributed by atoms with van der Waals surface area (Å²) in [6, 6.07) is 4.46. The number of unbranched alkanes of at least 4 members (excludes halogenated alkanes) is 4. The van der Waals surface area contributed by atoms with Gasteiger partial charge in [0, 0.05) is 17.6 Å². The Balaban J connectivity index is 1.82. The molecule has 26 heavy (non-hydrogen) atoms. The van der Waals surface area contributed by atoms with Crippen LogP contribution in [0.25, 0.3) is 6.08 Å². The molecule has 1 aliphatic heterocycles. The molecule has 0 aromatic heterocycles. The lowest BCUT2D eigenvalue weighted by molar-refractivity contribution is -0.0790. The van der Waals surface area contributed by atoms with Crippen LogP contribution in [0.2, 0.25) is 0 Å². The van der Waals surface area contributed by atoms with Crippen LogP contribution in [-0.4, -0.2) is 18.9 Å². The summed E-state index contributed by atoms with van der Waals surface area (Å²) in [6.45, 7) is 2.75. The smallest absolute Gasteiger partial charge is 0.378 e. The molecule has 2 unspecified atom stereocenters. The summed E-state index contributed by atoms with van der Waals surface area (Å²) in [7, 11) is 0. The summed E-state index contributed by atoms with van der Waals surface area (Å²) in [5.74, 6) is -0.512. The monoisotopic (exact) mass is 372 g/mol. The molecule has 1 aromatic rings. The molecule has 0 radical (unpaired) electrons. The number of benzene rings is 1. The second-order valence-corrected chi connectivity index (χ2v) is 7.09. The molecule has 2 atom stereocenters. The van der Waals surface area contributed by atoms with Gasteiger partial charge in [0.15, 0.2) is 0 Å². The van der Waals surface area contributed by atoms with Crippen molar-refractivity contribution in [1.29, 1.82) is 0 Å². The van der Waals surface area contributed by atoms with Crippen molar-refractivity contribution in [2.45, 2.75) is 76.5 Å². The van der Waals surface area contributed by atoms with Crippen molar-refractivity contribution in [2.75, 3.05) is 6.61 Å². The third kappa shape index (κ3) is 7.10. The lowest BCUT2D eigenvalue weighted by Crippen LogP contribution is -2.24. The molecule has 0 aliphatic carbocycles. The van der Waals surface area contributed by atoms with Crippen molar-refractivity contribution in [1.82, 2.24) is 0 Å². The van der Waals surface area contributed by atoms with Crippen LogP contribution in [-0.2, 0) is 4.74 Å². The Labute approximate surface area is 153 Å². The zero-order chi connectivity index (χ0) is 19.0. The van der Waals surface area contributed by atoms with Crippen molar-refractivity contribution >= 4 is 6.08 Å². The Morgan fingerprint density at radius 1 is 1.12 bits per heavy atom. The van der Waals surface area contributed by atoms with Gasteiger partial charge in [-0.3, -0.25) is 0 Å². The van der Waals surface area contributed by atoms with E-state index in [2.05, 4.69) is 6.92 Å². The van der Waals surface area contributed by atoms with Crippen LogP contribution in [0.4, 0.5) is 17.6 Å². The van der Waals surface area contributed by atoms with Crippen molar-refractivity contribution < 1.29 is 22.3 Å². The summed E-state index contributed by atoms with van der Waals surface area (Å²) >= 11 is 0. The molecule has 2 rings (SSSR count). The second-order valence-electron chi connectivity index (χ2n) is 7.09. The predicted octanol–water partition coefficient (Wildman–Crippen LogP) is 7.02. The third-order valence-electron chi connectivity index (χ3n) is 4.95. The Kier molecular flexibility index (Phi) is 8.14. The first kappa shape index (κ1) is 20.9. The van der Waals surface area contributed by atoms with Crippen LogP contribution < -0.4 is 0 Å². The largest absolute Gasteiger partial charge is 0.409 e. The molecule has 0 spiro atoms. The van der Waals surface area contributed by atoms with Crippen LogP contribution in [0.1, 0.15) is 75.3 Å². The average Bonchev–Trinajstić information content (AvgIpc) is 2.60. The molecular weight excluding hydrogens is 344 g/mol. The third-order valence-corrected chi connectivity index (χ3v) is 4.95. The van der Waals surface area contributed by atoms with E-state index in [1.807, 2.05) is 0 Å². The molecule has 1 heterocycles. The Bertz CT molecular complexity index is 572. The van der Waals surface area contributed by atoms with Gasteiger partial charge in [0.05, 0.1) is 12.7 Å². The fraction of sp³-hybridized carbons (Fsp3) is 0.619. The first-order valence-electron chi connectivity index (χ1n) is 9.56. The van der Waals surface area contributed by atoms with E-state index in [0.717, 1.165) is 30.9 Å². The lowest BCUT2D eigenvalue weighted by atomic mass is 9.89. The molecule has 1 aliphatic rings. The fourth-order valence-electron chi connectivity index (χ4n) is 3.39. The van der Waals surface area contributed by atoms with Gasteiger partial charge in [0.1, 0.15) is 5.82 Å². The predicted molar refractivity (Wildman–Crippen MR) is 96.6 cm³/mol. The Hall–Kier alpha value is -1.36. The van der Waals surface area contributed by atoms with Crippen molar-refractivity contribution in [3.05, 3.63) is 41.2 Å². The molecule has 1 fully saturated rings. The number of hydrogen-bond donors (Lipinski definition) is 0. The van der Waals surface area contributed by atoms with E-state index < -0.39 is 12.0 Å². The minimum absolute atomic E-state index is 0.0484. The highest BCUT2D eigenvalue weighted by Gasteiger charge is 2.24. The number of halogens is 4. The molecule has 1 nitrogen and oxygen atoms in total. The fourth-order valence-corrected chi connectivity index (χ4v) is 3.39. The SMILES string of the molecule is CCCCCCCC1CCC(c2ccc(/C=C/C(F)(F)F)c(F)c2)CO1. The highest BCUT2D eigenvalue weighted by Crippen LogP contribution is 2.31. The maximum atomic E-state index is 14.1. The molecule has 1 saturated heterocycles. The molecule has 0 amide bonds. The minimum atomic E-state index is -4.44. The maximum Gasteiger partial charge on any atom is 0.409 e. The van der Waals surface area contributed by atoms with E-state index in [1.165, 1.54) is 44.2 Å². The van der Waals surface area contributed by atoms with Crippen LogP contribution in [0.15, 0.2) is 24.3 Å². The Morgan fingerprint density at radius 2 is 1.88 bits per heavy atom. The van der Waals surface area contributed by atoms with Gasteiger partial charge >= 0.3 is 6.18 Å². The maximum absolute atomic E-state index is 14.1. The molecule has 1 aromatic carbocycles. The molecule has 146 valence electrons. The summed E-state index contributed by atoms with van der Waals surface area (Å²) in [6.07, 6.45) is 5.86. The topological polar surface area (TPSA) is 9.23 Å². The first-order valence-corrected chi connectivity index (χ1v) is 9.56. The van der Waals surface area contributed by atoms with Crippen LogP contribution in [0.5, 0.6) is 0 Å². The first-order chi connectivity index (χ1) is 12.4. The average molecular weight is 372 g/mol. The van der Waals surface area contributed by atoms with Gasteiger partial charge in [-0.15, -0.1) is 0 Å². The second kappa shape index (κ2) is 10.1. The molecule has 0 N–H and O–H groups in total. The number of ether oxygens (including phenoxy) is 1. The standard InChI is InChI=1S/C21H28F4O/c1-2-3-4-5-6-7-19-11-10-18(15-26-19)17-9-8-16(20(22)14-17)12-13-21(23,24)25/h8-9,12-14,18-19H,2-7,10-11,15H2,1H3/b13-12+. The Morgan fingerprint density at radius 3 is 2.50 bits per heavy atom. The van der Waals surface area contributed by atoms with Crippen LogP contribution in [0, 0.1) is 5.82 Å². The van der Waals surface area contributed by atoms with Crippen molar-refractivity contribution in [3.63, 3.8) is 0 Å². The molecular formula is C21H28F4O. The minimum Gasteiger partial charge on any atom is -0.378 e. The zero-order valence-corrected chi connectivity index (χ0v) is 15.3. The van der Waals surface area contributed by atoms with Gasteiger partial charge < -0.3 is 4.74 Å². The van der Waals surface area contributed by atoms with E-state index in [4.69, 9.17) is 4.74 Å². The molecule has 5 heteroatoms. The van der Waals surface area contributed by atoms with Gasteiger partial charge in [0.2, 0.25) is 0 Å². The normalized spacial score (nSPS) is 21.4. The summed E-state index contributed by atoms with van der Waals surface area (Å²) in [5.41, 5.74) is 0.751. The van der Waals surface area contributed by atoms with E-state index >= 15 is 0 Å². The quantitative estimate of drug-likeness (QED) is 0.352. The number of rotatable bonds is 8. The van der Waals surface area contributed by atoms with E-state index in [9.17, 15) is 17.6 Å². The number of hydrogen-bond acceptors (Lipinski definition) is 1. The van der Waals surface area contributed by atoms with Crippen molar-refractivity contribution in [2.24, 2.45) is 0 Å². The molecule has 0 saturated carbocycles. The van der Waals surface area contributed by atoms with E-state index in [1.54, 1.807) is 6.07 Å². The van der Waals surface area contributed by atoms with Gasteiger partial charge in [-0.1, -0.05) is 51.2 Å². The van der Waals surface area contributed by atoms with Crippen LogP contribution in [0.3, 0.4) is 0 Å². The summed E-state index contributed by atoms with van der Waals surface area (Å²) in [4.78, 5) is 0. The van der Waals surface area contributed by atoms with Gasteiger partial charge in [-0.25, -0.2) is 4.39 Å². The zero-order valence-electron chi connectivity index (χ0n) is 15.3. The van der Waals surface area contributed by atoms with Crippen molar-refractivity contribution in [3.8, 4) is 0 Å². The summed E-state index contributed by atoms with van der Waals surface area (Å²) in [5, 5.41) is 0. The van der Waals surface area contributed by atoms with Gasteiger partial charge in [-0.2, -0.15) is 13.2 Å². The number of allylic oxidation sites excluding steroid dienone is 1.